The molecule has 0 bridgehead atoms. The highest BCUT2D eigenvalue weighted by Crippen LogP contribution is 2.23. The number of carbonyl (C=O) groups is 1. The molecule has 1 aliphatic rings. The highest BCUT2D eigenvalue weighted by molar-refractivity contribution is 5.90. The zero-order valence-corrected chi connectivity index (χ0v) is 15.7. The summed E-state index contributed by atoms with van der Waals surface area (Å²) < 4.78 is 0. The molecule has 2 N–H and O–H groups in total. The van der Waals surface area contributed by atoms with Gasteiger partial charge in [0, 0.05) is 12.6 Å². The summed E-state index contributed by atoms with van der Waals surface area (Å²) in [6.07, 6.45) is 8.02. The maximum atomic E-state index is 11.0. The van der Waals surface area contributed by atoms with Crippen molar-refractivity contribution in [2.75, 3.05) is 13.1 Å². The quantitative estimate of drug-likeness (QED) is 0.462. The molecule has 142 valence electrons. The summed E-state index contributed by atoms with van der Waals surface area (Å²) in [4.78, 5) is 13.6. The van der Waals surface area contributed by atoms with E-state index in [1.54, 1.807) is 11.6 Å². The lowest BCUT2D eigenvalue weighted by molar-refractivity contribution is -0.124. The van der Waals surface area contributed by atoms with Gasteiger partial charge in [0.1, 0.15) is 0 Å². The summed E-state index contributed by atoms with van der Waals surface area (Å²) >= 11 is 0. The molecule has 2 aromatic carbocycles. The summed E-state index contributed by atoms with van der Waals surface area (Å²) in [6.45, 7) is 3.28. The maximum Gasteiger partial charge on any atom is 0.267 e. The number of hydroxylamine groups is 1. The van der Waals surface area contributed by atoms with Crippen LogP contribution in [-0.4, -0.2) is 29.1 Å². The molecule has 1 unspecified atom stereocenters. The fraction of sp³-hybridized carbons (Fsp3) is 0.348. The summed E-state index contributed by atoms with van der Waals surface area (Å²) in [5, 5.41) is 8.51. The molecular weight excluding hydrogens is 336 g/mol. The Morgan fingerprint density at radius 2 is 1.81 bits per heavy atom. The smallest absolute Gasteiger partial charge is 0.267 e. The first-order valence-electron chi connectivity index (χ1n) is 9.70. The molecule has 0 radical (unpaired) electrons. The van der Waals surface area contributed by atoms with Crippen molar-refractivity contribution in [2.24, 2.45) is 5.92 Å². The summed E-state index contributed by atoms with van der Waals surface area (Å²) in [6, 6.07) is 19.1. The molecule has 27 heavy (non-hydrogen) atoms. The van der Waals surface area contributed by atoms with Crippen LogP contribution in [0.4, 0.5) is 0 Å². The SMILES string of the molecule is O=C(C=Cc1ccc(CN2CCCC(Cc3ccccc3)CC2)cc1)NO. The number of nitrogens with zero attached hydrogens (tertiary/aromatic N) is 1. The third-order valence-corrected chi connectivity index (χ3v) is 5.23. The van der Waals surface area contributed by atoms with Crippen molar-refractivity contribution < 1.29 is 10.0 Å². The van der Waals surface area contributed by atoms with Crippen molar-refractivity contribution in [1.82, 2.24) is 10.4 Å². The molecule has 1 heterocycles. The number of hydrogen-bond acceptors (Lipinski definition) is 3. The summed E-state index contributed by atoms with van der Waals surface area (Å²) in [7, 11) is 0. The highest BCUT2D eigenvalue weighted by atomic mass is 16.5. The van der Waals surface area contributed by atoms with Crippen molar-refractivity contribution in [2.45, 2.75) is 32.2 Å². The number of amides is 1. The van der Waals surface area contributed by atoms with E-state index in [1.807, 2.05) is 12.1 Å². The van der Waals surface area contributed by atoms with Crippen LogP contribution in [0.3, 0.4) is 0 Å². The lowest BCUT2D eigenvalue weighted by Gasteiger charge is -2.20. The molecule has 0 spiro atoms. The molecule has 1 saturated heterocycles. The van der Waals surface area contributed by atoms with E-state index in [9.17, 15) is 4.79 Å². The lowest BCUT2D eigenvalue weighted by Crippen LogP contribution is -2.24. The third kappa shape index (κ3) is 6.35. The zero-order valence-electron chi connectivity index (χ0n) is 15.7. The van der Waals surface area contributed by atoms with Gasteiger partial charge in [0.05, 0.1) is 0 Å². The van der Waals surface area contributed by atoms with E-state index >= 15 is 0 Å². The van der Waals surface area contributed by atoms with E-state index in [0.717, 1.165) is 31.1 Å². The Balaban J connectivity index is 1.49. The predicted molar refractivity (Wildman–Crippen MR) is 108 cm³/mol. The molecule has 1 fully saturated rings. The fourth-order valence-corrected chi connectivity index (χ4v) is 3.74. The van der Waals surface area contributed by atoms with Gasteiger partial charge in [-0.15, -0.1) is 0 Å². The second kappa shape index (κ2) is 10.0. The van der Waals surface area contributed by atoms with Crippen LogP contribution in [0.15, 0.2) is 60.7 Å². The second-order valence-electron chi connectivity index (χ2n) is 7.31. The van der Waals surface area contributed by atoms with Gasteiger partial charge in [0.25, 0.3) is 5.91 Å². The second-order valence-corrected chi connectivity index (χ2v) is 7.31. The molecule has 0 saturated carbocycles. The standard InChI is InChI=1S/C23H28N2O2/c26-23(24-27)13-12-19-8-10-22(11-9-19)18-25-15-4-7-21(14-16-25)17-20-5-2-1-3-6-20/h1-3,5-6,8-13,21,27H,4,7,14-18H2,(H,24,26). The first kappa shape index (κ1) is 19.3. The van der Waals surface area contributed by atoms with Gasteiger partial charge in [0.15, 0.2) is 0 Å². The molecule has 3 rings (SSSR count). The Bertz CT molecular complexity index is 741. The minimum absolute atomic E-state index is 0.520. The average Bonchev–Trinajstić information content (AvgIpc) is 2.93. The van der Waals surface area contributed by atoms with Crippen molar-refractivity contribution in [3.63, 3.8) is 0 Å². The molecule has 1 atom stereocenters. The Morgan fingerprint density at radius 1 is 1.04 bits per heavy atom. The number of likely N-dealkylation sites (tertiary alicyclic amines) is 1. The van der Waals surface area contributed by atoms with Crippen LogP contribution in [0, 0.1) is 5.92 Å². The Morgan fingerprint density at radius 3 is 2.56 bits per heavy atom. The average molecular weight is 364 g/mol. The third-order valence-electron chi connectivity index (χ3n) is 5.23. The molecular formula is C23H28N2O2. The van der Waals surface area contributed by atoms with Gasteiger partial charge >= 0.3 is 0 Å². The zero-order chi connectivity index (χ0) is 18.9. The normalized spacial score (nSPS) is 18.3. The van der Waals surface area contributed by atoms with Gasteiger partial charge in [0.2, 0.25) is 0 Å². The number of nitrogens with one attached hydrogen (secondary N) is 1. The summed E-state index contributed by atoms with van der Waals surface area (Å²) in [5.74, 6) is 0.260. The Hall–Kier alpha value is -2.43. The van der Waals surface area contributed by atoms with E-state index in [4.69, 9.17) is 5.21 Å². The first-order valence-corrected chi connectivity index (χ1v) is 9.70. The van der Waals surface area contributed by atoms with Crippen LogP contribution in [0.1, 0.15) is 36.0 Å². The van der Waals surface area contributed by atoms with Gasteiger partial charge in [-0.1, -0.05) is 54.6 Å². The van der Waals surface area contributed by atoms with Gasteiger partial charge in [-0.3, -0.25) is 14.9 Å². The molecule has 0 aliphatic carbocycles. The van der Waals surface area contributed by atoms with Crippen molar-refractivity contribution in [1.29, 1.82) is 0 Å². The predicted octanol–water partition coefficient (Wildman–Crippen LogP) is 4.05. The lowest BCUT2D eigenvalue weighted by atomic mass is 9.93. The van der Waals surface area contributed by atoms with E-state index in [1.165, 1.54) is 42.9 Å². The van der Waals surface area contributed by atoms with Gasteiger partial charge in [-0.25, -0.2) is 5.48 Å². The number of rotatable bonds is 6. The first-order chi connectivity index (χ1) is 13.2. The van der Waals surface area contributed by atoms with E-state index < -0.39 is 5.91 Å². The molecule has 1 amide bonds. The number of carbonyl (C=O) groups excluding carboxylic acids is 1. The van der Waals surface area contributed by atoms with Crippen molar-refractivity contribution in [3.8, 4) is 0 Å². The van der Waals surface area contributed by atoms with Crippen molar-refractivity contribution >= 4 is 12.0 Å². The molecule has 0 aromatic heterocycles. The van der Waals surface area contributed by atoms with Crippen molar-refractivity contribution in [3.05, 3.63) is 77.4 Å². The van der Waals surface area contributed by atoms with Crippen LogP contribution in [0.2, 0.25) is 0 Å². The van der Waals surface area contributed by atoms with Gasteiger partial charge in [-0.2, -0.15) is 0 Å². The largest absolute Gasteiger partial charge is 0.299 e. The minimum atomic E-state index is -0.520. The topological polar surface area (TPSA) is 52.6 Å². The minimum Gasteiger partial charge on any atom is -0.299 e. The molecule has 2 aromatic rings. The maximum absolute atomic E-state index is 11.0. The van der Waals surface area contributed by atoms with Crippen LogP contribution in [-0.2, 0) is 17.8 Å². The number of hydrogen-bond donors (Lipinski definition) is 2. The molecule has 4 heteroatoms. The monoisotopic (exact) mass is 364 g/mol. The molecule has 1 aliphatic heterocycles. The van der Waals surface area contributed by atoms with Gasteiger partial charge in [-0.05, 0) is 67.5 Å². The van der Waals surface area contributed by atoms with Crippen LogP contribution >= 0.6 is 0 Å². The van der Waals surface area contributed by atoms with E-state index in [-0.39, 0.29) is 0 Å². The number of benzene rings is 2. The van der Waals surface area contributed by atoms with Crippen LogP contribution in [0.5, 0.6) is 0 Å². The Kier molecular flexibility index (Phi) is 7.19. The van der Waals surface area contributed by atoms with Crippen LogP contribution in [0.25, 0.3) is 6.08 Å². The molecule has 4 nitrogen and oxygen atoms in total. The van der Waals surface area contributed by atoms with Crippen LogP contribution < -0.4 is 5.48 Å². The Labute approximate surface area is 161 Å². The summed E-state index contributed by atoms with van der Waals surface area (Å²) in [5.41, 5.74) is 5.28. The highest BCUT2D eigenvalue weighted by Gasteiger charge is 2.17. The van der Waals surface area contributed by atoms with E-state index in [0.29, 0.717) is 0 Å². The van der Waals surface area contributed by atoms with E-state index in [2.05, 4.69) is 47.4 Å². The fourth-order valence-electron chi connectivity index (χ4n) is 3.74. The van der Waals surface area contributed by atoms with Gasteiger partial charge < -0.3 is 0 Å².